The van der Waals surface area contributed by atoms with Gasteiger partial charge in [-0.1, -0.05) is 0 Å². The van der Waals surface area contributed by atoms with Gasteiger partial charge in [-0.05, 0) is 32.3 Å². The molecule has 1 fully saturated rings. The van der Waals surface area contributed by atoms with Crippen molar-refractivity contribution in [3.8, 4) is 0 Å². The van der Waals surface area contributed by atoms with Gasteiger partial charge < -0.3 is 10.0 Å². The van der Waals surface area contributed by atoms with Gasteiger partial charge in [-0.3, -0.25) is 9.59 Å². The maximum absolute atomic E-state index is 12.5. The first-order chi connectivity index (χ1) is 9.34. The molecule has 0 unspecified atom stereocenters. The number of aliphatic carboxylic acids is 1. The molecule has 2 rings (SSSR count). The number of rotatable bonds is 2. The van der Waals surface area contributed by atoms with E-state index in [0.717, 1.165) is 4.68 Å². The second kappa shape index (κ2) is 5.07. The number of likely N-dealkylation sites (tertiary alicyclic amines) is 1. The molecule has 20 heavy (non-hydrogen) atoms. The summed E-state index contributed by atoms with van der Waals surface area (Å²) in [6.07, 6.45) is 1.05. The van der Waals surface area contributed by atoms with E-state index in [1.165, 1.54) is 11.9 Å². The summed E-state index contributed by atoms with van der Waals surface area (Å²) in [5.41, 5.74) is 0.623. The lowest BCUT2D eigenvalue weighted by molar-refractivity contribution is -0.141. The third-order valence-electron chi connectivity index (χ3n) is 3.74. The lowest BCUT2D eigenvalue weighted by Gasteiger charge is -2.22. The van der Waals surface area contributed by atoms with Gasteiger partial charge in [0.2, 0.25) is 0 Å². The first kappa shape index (κ1) is 14.2. The van der Waals surface area contributed by atoms with Crippen LogP contribution in [-0.4, -0.2) is 44.3 Å². The first-order valence-electron chi connectivity index (χ1n) is 6.43. The highest BCUT2D eigenvalue weighted by Crippen LogP contribution is 2.20. The minimum Gasteiger partial charge on any atom is -0.480 e. The molecule has 0 aliphatic carbocycles. The summed E-state index contributed by atoms with van der Waals surface area (Å²) in [7, 11) is 1.48. The first-order valence-corrected chi connectivity index (χ1v) is 6.43. The highest BCUT2D eigenvalue weighted by molar-refractivity contribution is 5.98. The van der Waals surface area contributed by atoms with E-state index >= 15 is 0 Å². The van der Waals surface area contributed by atoms with E-state index < -0.39 is 23.5 Å². The molecule has 0 bridgehead atoms. The smallest absolute Gasteiger partial charge is 0.326 e. The number of aromatic nitrogens is 2. The van der Waals surface area contributed by atoms with E-state index in [1.54, 1.807) is 13.8 Å². The molecular weight excluding hydrogens is 262 g/mol. The number of carboxylic acid groups (broad SMARTS) is 1. The van der Waals surface area contributed by atoms with Gasteiger partial charge in [0.1, 0.15) is 11.6 Å². The lowest BCUT2D eigenvalue weighted by atomic mass is 10.1. The van der Waals surface area contributed by atoms with Gasteiger partial charge >= 0.3 is 5.97 Å². The van der Waals surface area contributed by atoms with Crippen LogP contribution in [-0.2, 0) is 11.8 Å². The van der Waals surface area contributed by atoms with Crippen LogP contribution in [0.3, 0.4) is 0 Å². The molecule has 2 heterocycles. The minimum absolute atomic E-state index is 0.0214. The highest BCUT2D eigenvalue weighted by atomic mass is 16.4. The largest absolute Gasteiger partial charge is 0.480 e. The van der Waals surface area contributed by atoms with Crippen molar-refractivity contribution in [2.45, 2.75) is 32.7 Å². The Balaban J connectivity index is 2.49. The van der Waals surface area contributed by atoms with E-state index in [9.17, 15) is 14.4 Å². The van der Waals surface area contributed by atoms with Gasteiger partial charge in [0, 0.05) is 13.6 Å². The van der Waals surface area contributed by atoms with E-state index in [1.807, 2.05) is 0 Å². The molecule has 1 aliphatic rings. The van der Waals surface area contributed by atoms with Crippen LogP contribution in [0, 0.1) is 13.8 Å². The molecule has 0 aromatic carbocycles. The number of aryl methyl sites for hydroxylation is 2. The average molecular weight is 279 g/mol. The van der Waals surface area contributed by atoms with Crippen LogP contribution in [0.4, 0.5) is 0 Å². The molecule has 1 aromatic rings. The monoisotopic (exact) mass is 279 g/mol. The summed E-state index contributed by atoms with van der Waals surface area (Å²) in [6.45, 7) is 3.73. The normalized spacial score (nSPS) is 18.4. The van der Waals surface area contributed by atoms with Crippen molar-refractivity contribution in [1.82, 2.24) is 14.7 Å². The predicted molar refractivity (Wildman–Crippen MR) is 70.6 cm³/mol. The number of hydrogen-bond donors (Lipinski definition) is 1. The van der Waals surface area contributed by atoms with Crippen molar-refractivity contribution in [1.29, 1.82) is 0 Å². The van der Waals surface area contributed by atoms with Crippen LogP contribution in [0.2, 0.25) is 0 Å². The standard InChI is InChI=1S/C13H17N3O4/c1-7-8(2)14-15(3)11(17)10(7)12(18)16-6-4-5-9(16)13(19)20/h9H,4-6H2,1-3H3,(H,19,20)/t9-/m0/s1. The zero-order chi connectivity index (χ0) is 15.0. The van der Waals surface area contributed by atoms with Crippen molar-refractivity contribution in [3.63, 3.8) is 0 Å². The Hall–Kier alpha value is -2.18. The van der Waals surface area contributed by atoms with E-state index in [2.05, 4.69) is 5.10 Å². The van der Waals surface area contributed by atoms with Crippen LogP contribution in [0.5, 0.6) is 0 Å². The van der Waals surface area contributed by atoms with Crippen molar-refractivity contribution >= 4 is 11.9 Å². The van der Waals surface area contributed by atoms with Crippen molar-refractivity contribution < 1.29 is 14.7 Å². The van der Waals surface area contributed by atoms with Gasteiger partial charge in [0.15, 0.2) is 0 Å². The quantitative estimate of drug-likeness (QED) is 0.828. The summed E-state index contributed by atoms with van der Waals surface area (Å²) >= 11 is 0. The molecular formula is C13H17N3O4. The Bertz CT molecular complexity index is 635. The van der Waals surface area contributed by atoms with Crippen LogP contribution >= 0.6 is 0 Å². The Kier molecular flexibility index (Phi) is 3.61. The summed E-state index contributed by atoms with van der Waals surface area (Å²) in [5.74, 6) is -1.55. The molecule has 1 amide bonds. The molecule has 0 radical (unpaired) electrons. The van der Waals surface area contributed by atoms with Gasteiger partial charge in [-0.2, -0.15) is 5.10 Å². The van der Waals surface area contributed by atoms with Gasteiger partial charge in [-0.25, -0.2) is 9.48 Å². The molecule has 1 aliphatic heterocycles. The molecule has 1 N–H and O–H groups in total. The number of amides is 1. The zero-order valence-corrected chi connectivity index (χ0v) is 11.7. The number of carboxylic acids is 1. The fraction of sp³-hybridized carbons (Fsp3) is 0.538. The second-order valence-electron chi connectivity index (χ2n) is 5.01. The lowest BCUT2D eigenvalue weighted by Crippen LogP contribution is -2.43. The predicted octanol–water partition coefficient (Wildman–Crippen LogP) is 0.0863. The van der Waals surface area contributed by atoms with Crippen molar-refractivity contribution in [2.24, 2.45) is 7.05 Å². The Morgan fingerprint density at radius 2 is 2.00 bits per heavy atom. The molecule has 0 saturated carbocycles. The minimum atomic E-state index is -1.03. The van der Waals surface area contributed by atoms with Gasteiger partial charge in [-0.15, -0.1) is 0 Å². The maximum Gasteiger partial charge on any atom is 0.326 e. The number of nitrogens with zero attached hydrogens (tertiary/aromatic N) is 3. The van der Waals surface area contributed by atoms with Crippen LogP contribution in [0.15, 0.2) is 4.79 Å². The summed E-state index contributed by atoms with van der Waals surface area (Å²) in [6, 6.07) is -0.847. The molecule has 7 nitrogen and oxygen atoms in total. The second-order valence-corrected chi connectivity index (χ2v) is 5.01. The van der Waals surface area contributed by atoms with E-state index in [-0.39, 0.29) is 5.56 Å². The third-order valence-corrected chi connectivity index (χ3v) is 3.74. The summed E-state index contributed by atoms with van der Waals surface area (Å²) < 4.78 is 1.11. The van der Waals surface area contributed by atoms with Crippen LogP contribution in [0.1, 0.15) is 34.5 Å². The number of carbonyl (C=O) groups is 2. The third kappa shape index (κ3) is 2.19. The topological polar surface area (TPSA) is 92.5 Å². The Morgan fingerprint density at radius 1 is 1.35 bits per heavy atom. The fourth-order valence-corrected chi connectivity index (χ4v) is 2.51. The van der Waals surface area contributed by atoms with E-state index in [4.69, 9.17) is 5.11 Å². The van der Waals surface area contributed by atoms with Crippen LogP contribution < -0.4 is 5.56 Å². The van der Waals surface area contributed by atoms with Gasteiger partial charge in [0.25, 0.3) is 11.5 Å². The highest BCUT2D eigenvalue weighted by Gasteiger charge is 2.36. The Morgan fingerprint density at radius 3 is 2.60 bits per heavy atom. The maximum atomic E-state index is 12.5. The summed E-state index contributed by atoms with van der Waals surface area (Å²) in [4.78, 5) is 37.1. The molecule has 1 atom stereocenters. The summed E-state index contributed by atoms with van der Waals surface area (Å²) in [5, 5.41) is 13.2. The Labute approximate surface area is 115 Å². The van der Waals surface area contributed by atoms with E-state index in [0.29, 0.717) is 30.6 Å². The molecule has 108 valence electrons. The van der Waals surface area contributed by atoms with Crippen LogP contribution in [0.25, 0.3) is 0 Å². The van der Waals surface area contributed by atoms with Crippen molar-refractivity contribution in [3.05, 3.63) is 27.2 Å². The zero-order valence-electron chi connectivity index (χ0n) is 11.7. The number of carbonyl (C=O) groups excluding carboxylic acids is 1. The molecule has 7 heteroatoms. The fourth-order valence-electron chi connectivity index (χ4n) is 2.51. The molecule has 1 saturated heterocycles. The molecule has 1 aromatic heterocycles. The number of hydrogen-bond acceptors (Lipinski definition) is 4. The van der Waals surface area contributed by atoms with Crippen molar-refractivity contribution in [2.75, 3.05) is 6.54 Å². The average Bonchev–Trinajstić information content (AvgIpc) is 2.86. The van der Waals surface area contributed by atoms with Gasteiger partial charge in [0.05, 0.1) is 5.69 Å². The SMILES string of the molecule is Cc1nn(C)c(=O)c(C(=O)N2CCC[C@H]2C(=O)O)c1C. The molecule has 0 spiro atoms.